The van der Waals surface area contributed by atoms with E-state index in [0.29, 0.717) is 16.8 Å². The van der Waals surface area contributed by atoms with Crippen molar-refractivity contribution in [2.45, 2.75) is 52.3 Å². The van der Waals surface area contributed by atoms with Crippen LogP contribution in [0.3, 0.4) is 0 Å². The van der Waals surface area contributed by atoms with E-state index in [1.165, 1.54) is 11.9 Å². The number of carbonyl (C=O) groups is 2. The monoisotopic (exact) mass is 690 g/mol. The molecular weight excluding hydrogens is 649 g/mol. The van der Waals surface area contributed by atoms with Crippen LogP contribution in [0.2, 0.25) is 0 Å². The van der Waals surface area contributed by atoms with Crippen LogP contribution in [0, 0.1) is 27.7 Å². The number of sulfonamides is 1. The Morgan fingerprint density at radius 1 is 0.660 bits per heavy atom. The maximum atomic E-state index is 14.2. The predicted molar refractivity (Wildman–Crippen MR) is 196 cm³/mol. The molecule has 50 heavy (non-hydrogen) atoms. The second kappa shape index (κ2) is 16.0. The standard InChI is InChI=1S/C41H42N2O6S/c1-29-16-18-33(19-17-29)25-43(39(44)26-42(5)50(46,47)40-31(3)22-30(2)23-32(40)4)36-20-21-37(41(45)49-28-35-14-10-7-11-15-35)38(24-36)48-27-34-12-8-6-9-13-34/h6-24H,25-28H2,1-5H3. The van der Waals surface area contributed by atoms with Crippen molar-refractivity contribution in [2.24, 2.45) is 0 Å². The minimum Gasteiger partial charge on any atom is -0.488 e. The Hall–Kier alpha value is -5.25. The first-order valence-corrected chi connectivity index (χ1v) is 17.8. The van der Waals surface area contributed by atoms with Gasteiger partial charge in [-0.25, -0.2) is 13.2 Å². The molecule has 8 nitrogen and oxygen atoms in total. The highest BCUT2D eigenvalue weighted by Crippen LogP contribution is 2.30. The summed E-state index contributed by atoms with van der Waals surface area (Å²) in [7, 11) is -2.59. The number of ether oxygens (including phenoxy) is 2. The molecule has 0 bridgehead atoms. The Morgan fingerprint density at radius 3 is 1.84 bits per heavy atom. The number of esters is 1. The van der Waals surface area contributed by atoms with Gasteiger partial charge in [-0.3, -0.25) is 4.79 Å². The van der Waals surface area contributed by atoms with Crippen LogP contribution in [0.1, 0.15) is 49.3 Å². The van der Waals surface area contributed by atoms with Crippen LogP contribution in [-0.4, -0.2) is 38.2 Å². The number of likely N-dealkylation sites (N-methyl/N-ethyl adjacent to an activating group) is 1. The minimum absolute atomic E-state index is 0.0817. The van der Waals surface area contributed by atoms with Gasteiger partial charge in [-0.15, -0.1) is 0 Å². The lowest BCUT2D eigenvalue weighted by Crippen LogP contribution is -2.41. The molecule has 0 aliphatic rings. The first kappa shape index (κ1) is 36.0. The van der Waals surface area contributed by atoms with Gasteiger partial charge < -0.3 is 14.4 Å². The van der Waals surface area contributed by atoms with Crippen molar-refractivity contribution in [3.63, 3.8) is 0 Å². The highest BCUT2D eigenvalue weighted by molar-refractivity contribution is 7.89. The molecule has 0 heterocycles. The summed E-state index contributed by atoms with van der Waals surface area (Å²) in [6.45, 7) is 7.41. The van der Waals surface area contributed by atoms with Crippen molar-refractivity contribution in [2.75, 3.05) is 18.5 Å². The number of amides is 1. The number of aryl methyl sites for hydroxylation is 4. The third-order valence-electron chi connectivity index (χ3n) is 8.34. The summed E-state index contributed by atoms with van der Waals surface area (Å²) in [6, 6.07) is 35.2. The molecule has 258 valence electrons. The molecule has 0 aliphatic heterocycles. The van der Waals surface area contributed by atoms with Crippen molar-refractivity contribution < 1.29 is 27.5 Å². The molecule has 5 aromatic rings. The zero-order valence-corrected chi connectivity index (χ0v) is 29.9. The normalized spacial score (nSPS) is 11.3. The number of anilines is 1. The Morgan fingerprint density at radius 2 is 1.24 bits per heavy atom. The van der Waals surface area contributed by atoms with Crippen LogP contribution in [0.4, 0.5) is 5.69 Å². The number of nitrogens with zero attached hydrogens (tertiary/aromatic N) is 2. The van der Waals surface area contributed by atoms with Crippen LogP contribution in [-0.2, 0) is 39.3 Å². The number of rotatable bonds is 13. The van der Waals surface area contributed by atoms with E-state index < -0.39 is 28.4 Å². The smallest absolute Gasteiger partial charge is 0.342 e. The molecule has 1 amide bonds. The highest BCUT2D eigenvalue weighted by Gasteiger charge is 2.29. The van der Waals surface area contributed by atoms with Gasteiger partial charge in [-0.05, 0) is 67.6 Å². The average Bonchev–Trinajstić information content (AvgIpc) is 3.09. The van der Waals surface area contributed by atoms with Gasteiger partial charge in [-0.2, -0.15) is 4.31 Å². The second-order valence-electron chi connectivity index (χ2n) is 12.5. The zero-order valence-electron chi connectivity index (χ0n) is 29.1. The lowest BCUT2D eigenvalue weighted by atomic mass is 10.1. The third kappa shape index (κ3) is 8.85. The zero-order chi connectivity index (χ0) is 35.8. The molecule has 0 saturated carbocycles. The summed E-state index contributed by atoms with van der Waals surface area (Å²) < 4.78 is 40.6. The predicted octanol–water partition coefficient (Wildman–Crippen LogP) is 7.71. The summed E-state index contributed by atoms with van der Waals surface area (Å²) in [4.78, 5) is 29.3. The van der Waals surface area contributed by atoms with Crippen LogP contribution in [0.15, 0.2) is 120 Å². The van der Waals surface area contributed by atoms with Gasteiger partial charge in [0.1, 0.15) is 24.5 Å². The summed E-state index contributed by atoms with van der Waals surface area (Å²) in [6.07, 6.45) is 0. The fraction of sp³-hybridized carbons (Fsp3) is 0.220. The molecule has 9 heteroatoms. The van der Waals surface area contributed by atoms with Crippen molar-refractivity contribution in [3.05, 3.63) is 160 Å². The van der Waals surface area contributed by atoms with Crippen molar-refractivity contribution in [3.8, 4) is 5.75 Å². The van der Waals surface area contributed by atoms with Gasteiger partial charge in [0, 0.05) is 18.8 Å². The molecular formula is C41H42N2O6S. The SMILES string of the molecule is Cc1ccc(CN(C(=O)CN(C)S(=O)(=O)c2c(C)cc(C)cc2C)c2ccc(C(=O)OCc3ccccc3)c(OCc3ccccc3)c2)cc1. The van der Waals surface area contributed by atoms with Gasteiger partial charge in [0.2, 0.25) is 15.9 Å². The first-order valence-electron chi connectivity index (χ1n) is 16.3. The molecule has 0 aromatic heterocycles. The molecule has 0 fully saturated rings. The van der Waals surface area contributed by atoms with E-state index in [2.05, 4.69) is 0 Å². The van der Waals surface area contributed by atoms with E-state index in [9.17, 15) is 18.0 Å². The molecule has 0 atom stereocenters. The van der Waals surface area contributed by atoms with Crippen molar-refractivity contribution in [1.29, 1.82) is 0 Å². The van der Waals surface area contributed by atoms with Gasteiger partial charge in [0.05, 0.1) is 18.0 Å². The fourth-order valence-corrected chi connectivity index (χ4v) is 7.32. The lowest BCUT2D eigenvalue weighted by molar-refractivity contribution is -0.118. The van der Waals surface area contributed by atoms with Gasteiger partial charge in [0.25, 0.3) is 0 Å². The van der Waals surface area contributed by atoms with Gasteiger partial charge in [0.15, 0.2) is 0 Å². The summed E-state index contributed by atoms with van der Waals surface area (Å²) in [5, 5.41) is 0. The highest BCUT2D eigenvalue weighted by atomic mass is 32.2. The number of carbonyl (C=O) groups excluding carboxylic acids is 2. The number of hydrogen-bond donors (Lipinski definition) is 0. The number of benzene rings is 5. The van der Waals surface area contributed by atoms with Crippen LogP contribution < -0.4 is 9.64 Å². The lowest BCUT2D eigenvalue weighted by Gasteiger charge is -2.27. The molecule has 0 aliphatic carbocycles. The molecule has 0 unspecified atom stereocenters. The number of hydrogen-bond acceptors (Lipinski definition) is 6. The molecule has 0 radical (unpaired) electrons. The average molecular weight is 691 g/mol. The summed E-state index contributed by atoms with van der Waals surface area (Å²) in [5.74, 6) is -0.792. The Kier molecular flexibility index (Phi) is 11.5. The van der Waals surface area contributed by atoms with E-state index in [1.807, 2.05) is 111 Å². The van der Waals surface area contributed by atoms with Crippen LogP contribution in [0.5, 0.6) is 5.75 Å². The van der Waals surface area contributed by atoms with Gasteiger partial charge >= 0.3 is 5.97 Å². The van der Waals surface area contributed by atoms with Gasteiger partial charge in [-0.1, -0.05) is 108 Å². The Balaban J connectivity index is 1.49. The second-order valence-corrected chi connectivity index (χ2v) is 14.5. The van der Waals surface area contributed by atoms with E-state index in [4.69, 9.17) is 9.47 Å². The topological polar surface area (TPSA) is 93.2 Å². The molecule has 5 aromatic carbocycles. The van der Waals surface area contributed by atoms with Crippen LogP contribution >= 0.6 is 0 Å². The first-order chi connectivity index (χ1) is 23.9. The molecule has 0 saturated heterocycles. The molecule has 0 spiro atoms. The fourth-order valence-electron chi connectivity index (χ4n) is 5.79. The largest absolute Gasteiger partial charge is 0.488 e. The third-order valence-corrected chi connectivity index (χ3v) is 10.4. The maximum absolute atomic E-state index is 14.2. The van der Waals surface area contributed by atoms with Crippen LogP contribution in [0.25, 0.3) is 0 Å². The summed E-state index contributed by atoms with van der Waals surface area (Å²) in [5.41, 5.74) is 6.48. The van der Waals surface area contributed by atoms with E-state index in [-0.39, 0.29) is 36.0 Å². The summed E-state index contributed by atoms with van der Waals surface area (Å²) >= 11 is 0. The Bertz CT molecular complexity index is 2040. The molecule has 0 N–H and O–H groups in total. The molecule has 5 rings (SSSR count). The maximum Gasteiger partial charge on any atom is 0.342 e. The quantitative estimate of drug-likeness (QED) is 0.118. The Labute approximate surface area is 295 Å². The minimum atomic E-state index is -4.00. The van der Waals surface area contributed by atoms with E-state index in [1.54, 1.807) is 32.0 Å². The van der Waals surface area contributed by atoms with Crippen molar-refractivity contribution >= 4 is 27.6 Å². The van der Waals surface area contributed by atoms with Crippen molar-refractivity contribution in [1.82, 2.24) is 4.31 Å². The van der Waals surface area contributed by atoms with E-state index >= 15 is 0 Å². The van der Waals surface area contributed by atoms with E-state index in [0.717, 1.165) is 32.1 Å².